The van der Waals surface area contributed by atoms with E-state index in [1.807, 2.05) is 12.1 Å². The number of aryl methyl sites for hydroxylation is 1. The number of aromatic nitrogens is 2. The maximum atomic E-state index is 6.40. The molecule has 1 aromatic heterocycles. The van der Waals surface area contributed by atoms with Crippen LogP contribution in [0.2, 0.25) is 0 Å². The summed E-state index contributed by atoms with van der Waals surface area (Å²) in [6.45, 7) is 3.19. The van der Waals surface area contributed by atoms with Gasteiger partial charge in [-0.05, 0) is 37.8 Å². The highest BCUT2D eigenvalue weighted by Gasteiger charge is 2.34. The minimum Gasteiger partial charge on any atom is -0.497 e. The molecule has 20 heavy (non-hydrogen) atoms. The molecule has 108 valence electrons. The van der Waals surface area contributed by atoms with Crippen molar-refractivity contribution < 1.29 is 4.74 Å². The molecule has 2 N–H and O–H groups in total. The fourth-order valence-corrected chi connectivity index (χ4v) is 3.02. The van der Waals surface area contributed by atoms with Crippen LogP contribution in [0.4, 0.5) is 0 Å². The minimum atomic E-state index is -0.0308. The zero-order chi connectivity index (χ0) is 14.2. The number of rotatable bonds is 5. The molecule has 0 atom stereocenters. The molecule has 0 saturated heterocycles. The number of nitrogens with two attached hydrogens (primary N) is 1. The van der Waals surface area contributed by atoms with Gasteiger partial charge in [0.25, 0.3) is 0 Å². The molecule has 0 spiro atoms. The summed E-state index contributed by atoms with van der Waals surface area (Å²) in [5, 5.41) is 0. The molecule has 0 bridgehead atoms. The van der Waals surface area contributed by atoms with Crippen LogP contribution in [0.5, 0.6) is 5.75 Å². The number of benzene rings is 1. The van der Waals surface area contributed by atoms with Crippen LogP contribution in [0.1, 0.15) is 38.4 Å². The summed E-state index contributed by atoms with van der Waals surface area (Å²) in [5.74, 6) is 1.98. The SMILES string of the molecule is CCCn1c(CC2(N)CCC2)nc2cc(OC)ccc21. The average molecular weight is 273 g/mol. The van der Waals surface area contributed by atoms with E-state index in [4.69, 9.17) is 15.5 Å². The second kappa shape index (κ2) is 5.09. The van der Waals surface area contributed by atoms with Crippen LogP contribution in [0, 0.1) is 0 Å². The summed E-state index contributed by atoms with van der Waals surface area (Å²) < 4.78 is 7.61. The highest BCUT2D eigenvalue weighted by atomic mass is 16.5. The van der Waals surface area contributed by atoms with Crippen molar-refractivity contribution in [1.29, 1.82) is 0 Å². The van der Waals surface area contributed by atoms with E-state index in [2.05, 4.69) is 17.6 Å². The number of methoxy groups -OCH3 is 1. The Kier molecular flexibility index (Phi) is 3.42. The second-order valence-corrected chi connectivity index (χ2v) is 5.93. The van der Waals surface area contributed by atoms with Crippen molar-refractivity contribution in [3.05, 3.63) is 24.0 Å². The van der Waals surface area contributed by atoms with Gasteiger partial charge in [-0.15, -0.1) is 0 Å². The lowest BCUT2D eigenvalue weighted by Gasteiger charge is -2.37. The molecule has 1 heterocycles. The molecule has 4 nitrogen and oxygen atoms in total. The normalized spacial score (nSPS) is 17.1. The van der Waals surface area contributed by atoms with Gasteiger partial charge in [-0.25, -0.2) is 4.98 Å². The molecule has 4 heteroatoms. The van der Waals surface area contributed by atoms with Gasteiger partial charge in [-0.1, -0.05) is 6.92 Å². The number of ether oxygens (including phenoxy) is 1. The predicted molar refractivity (Wildman–Crippen MR) is 81.0 cm³/mol. The van der Waals surface area contributed by atoms with Gasteiger partial charge in [0.05, 0.1) is 18.1 Å². The molecule has 3 rings (SSSR count). The highest BCUT2D eigenvalue weighted by Crippen LogP contribution is 2.33. The lowest BCUT2D eigenvalue weighted by Crippen LogP contribution is -2.48. The molecular formula is C16H23N3O. The van der Waals surface area contributed by atoms with Crippen LogP contribution in [-0.2, 0) is 13.0 Å². The third-order valence-corrected chi connectivity index (χ3v) is 4.34. The van der Waals surface area contributed by atoms with E-state index in [-0.39, 0.29) is 5.54 Å². The van der Waals surface area contributed by atoms with Crippen molar-refractivity contribution in [3.8, 4) is 5.75 Å². The topological polar surface area (TPSA) is 53.1 Å². The van der Waals surface area contributed by atoms with E-state index in [0.717, 1.165) is 49.3 Å². The van der Waals surface area contributed by atoms with Gasteiger partial charge in [0.2, 0.25) is 0 Å². The van der Waals surface area contributed by atoms with Crippen molar-refractivity contribution >= 4 is 11.0 Å². The molecule has 1 aliphatic carbocycles. The zero-order valence-electron chi connectivity index (χ0n) is 12.4. The van der Waals surface area contributed by atoms with Crippen molar-refractivity contribution in [2.24, 2.45) is 5.73 Å². The number of fused-ring (bicyclic) bond motifs is 1. The van der Waals surface area contributed by atoms with Gasteiger partial charge >= 0.3 is 0 Å². The first-order valence-corrected chi connectivity index (χ1v) is 7.47. The lowest BCUT2D eigenvalue weighted by atomic mass is 9.75. The first-order chi connectivity index (χ1) is 9.65. The van der Waals surface area contributed by atoms with E-state index < -0.39 is 0 Å². The molecule has 2 aromatic rings. The molecule has 0 aliphatic heterocycles. The van der Waals surface area contributed by atoms with Crippen LogP contribution in [0.3, 0.4) is 0 Å². The molecule has 1 aliphatic rings. The average Bonchev–Trinajstić information content (AvgIpc) is 2.74. The van der Waals surface area contributed by atoms with Gasteiger partial charge in [0.1, 0.15) is 11.6 Å². The van der Waals surface area contributed by atoms with E-state index in [9.17, 15) is 0 Å². The Morgan fingerprint density at radius 2 is 2.20 bits per heavy atom. The first-order valence-electron chi connectivity index (χ1n) is 7.47. The van der Waals surface area contributed by atoms with Gasteiger partial charge < -0.3 is 15.0 Å². The quantitative estimate of drug-likeness (QED) is 0.911. The fraction of sp³-hybridized carbons (Fsp3) is 0.562. The molecule has 1 saturated carbocycles. The maximum Gasteiger partial charge on any atom is 0.121 e. The summed E-state index contributed by atoms with van der Waals surface area (Å²) in [6.07, 6.45) is 5.46. The number of imidazole rings is 1. The Labute approximate surface area is 119 Å². The largest absolute Gasteiger partial charge is 0.497 e. The summed E-state index contributed by atoms with van der Waals surface area (Å²) in [6, 6.07) is 6.11. The van der Waals surface area contributed by atoms with E-state index >= 15 is 0 Å². The van der Waals surface area contributed by atoms with E-state index in [1.165, 1.54) is 11.9 Å². The smallest absolute Gasteiger partial charge is 0.121 e. The molecule has 0 radical (unpaired) electrons. The number of hydrogen-bond donors (Lipinski definition) is 1. The number of hydrogen-bond acceptors (Lipinski definition) is 3. The van der Waals surface area contributed by atoms with E-state index in [1.54, 1.807) is 7.11 Å². The third-order valence-electron chi connectivity index (χ3n) is 4.34. The van der Waals surface area contributed by atoms with Gasteiger partial charge in [-0.2, -0.15) is 0 Å². The van der Waals surface area contributed by atoms with Crippen LogP contribution < -0.4 is 10.5 Å². The Bertz CT molecular complexity index is 613. The minimum absolute atomic E-state index is 0.0308. The van der Waals surface area contributed by atoms with Crippen LogP contribution in [0.15, 0.2) is 18.2 Å². The van der Waals surface area contributed by atoms with Crippen molar-refractivity contribution in [2.45, 2.75) is 51.1 Å². The molecular weight excluding hydrogens is 250 g/mol. The summed E-state index contributed by atoms with van der Waals surface area (Å²) in [4.78, 5) is 4.81. The van der Waals surface area contributed by atoms with Gasteiger partial charge in [0, 0.05) is 24.6 Å². The van der Waals surface area contributed by atoms with Crippen molar-refractivity contribution in [2.75, 3.05) is 7.11 Å². The molecule has 1 aromatic carbocycles. The van der Waals surface area contributed by atoms with Gasteiger partial charge in [0.15, 0.2) is 0 Å². The number of nitrogens with zero attached hydrogens (tertiary/aromatic N) is 2. The van der Waals surface area contributed by atoms with Crippen LogP contribution >= 0.6 is 0 Å². The zero-order valence-corrected chi connectivity index (χ0v) is 12.4. The second-order valence-electron chi connectivity index (χ2n) is 5.93. The van der Waals surface area contributed by atoms with Crippen molar-refractivity contribution in [1.82, 2.24) is 9.55 Å². The summed E-state index contributed by atoms with van der Waals surface area (Å²) >= 11 is 0. The molecule has 1 fully saturated rings. The van der Waals surface area contributed by atoms with E-state index in [0.29, 0.717) is 0 Å². The molecule has 0 amide bonds. The van der Waals surface area contributed by atoms with Gasteiger partial charge in [-0.3, -0.25) is 0 Å². The Hall–Kier alpha value is -1.55. The third kappa shape index (κ3) is 2.29. The fourth-order valence-electron chi connectivity index (χ4n) is 3.02. The molecule has 0 unspecified atom stereocenters. The lowest BCUT2D eigenvalue weighted by molar-refractivity contribution is 0.241. The monoisotopic (exact) mass is 273 g/mol. The predicted octanol–water partition coefficient (Wildman–Crippen LogP) is 2.88. The van der Waals surface area contributed by atoms with Crippen molar-refractivity contribution in [3.63, 3.8) is 0 Å². The highest BCUT2D eigenvalue weighted by molar-refractivity contribution is 5.77. The van der Waals surface area contributed by atoms with Crippen LogP contribution in [-0.4, -0.2) is 22.2 Å². The Balaban J connectivity index is 2.02. The summed E-state index contributed by atoms with van der Waals surface area (Å²) in [7, 11) is 1.69. The standard InChI is InChI=1S/C16H23N3O/c1-3-9-19-14-6-5-12(20-2)10-13(14)18-15(19)11-16(17)7-4-8-16/h5-6,10H,3-4,7-9,11,17H2,1-2H3. The first kappa shape index (κ1) is 13.4. The maximum absolute atomic E-state index is 6.40. The van der Waals surface area contributed by atoms with Crippen LogP contribution in [0.25, 0.3) is 11.0 Å². The Morgan fingerprint density at radius 3 is 2.80 bits per heavy atom. The Morgan fingerprint density at radius 1 is 1.40 bits per heavy atom. The summed E-state index contributed by atoms with van der Waals surface area (Å²) in [5.41, 5.74) is 8.56.